The Balaban J connectivity index is 0.000000566. The van der Waals surface area contributed by atoms with Crippen molar-refractivity contribution < 1.29 is 41.0 Å². The number of amides is 1. The van der Waals surface area contributed by atoms with Crippen molar-refractivity contribution in [1.82, 2.24) is 14.6 Å². The topological polar surface area (TPSA) is 155 Å². The molecule has 44 heavy (non-hydrogen) atoms. The molecule has 5 N–H and O–H groups in total. The molecule has 2 aromatic carbocycles. The number of H-pyrrole nitrogens is 1. The SMILES string of the molecule is CCS(=O)(=O)N1CCC(c2c[nH]c3c(C(N)=O)cc(-c4cccc(CNC[C@H]5CCCO5)c4)cc23)CC1.O=C(O)C(F)(F)F. The molecule has 10 nitrogen and oxygen atoms in total. The van der Waals surface area contributed by atoms with E-state index in [0.29, 0.717) is 24.8 Å². The number of rotatable bonds is 9. The first-order valence-corrected chi connectivity index (χ1v) is 16.1. The minimum Gasteiger partial charge on any atom is -0.475 e. The number of hydrogen-bond donors (Lipinski definition) is 4. The van der Waals surface area contributed by atoms with Gasteiger partial charge in [-0.2, -0.15) is 13.2 Å². The third-order valence-corrected chi connectivity index (χ3v) is 9.85. The van der Waals surface area contributed by atoms with Crippen LogP contribution in [0.4, 0.5) is 13.2 Å². The minimum atomic E-state index is -5.08. The molecule has 0 bridgehead atoms. The lowest BCUT2D eigenvalue weighted by Gasteiger charge is -2.31. The molecule has 14 heteroatoms. The van der Waals surface area contributed by atoms with Crippen LogP contribution in [0.2, 0.25) is 0 Å². The Bertz CT molecular complexity index is 1580. The highest BCUT2D eigenvalue weighted by molar-refractivity contribution is 7.89. The average molecular weight is 639 g/mol. The van der Waals surface area contributed by atoms with E-state index in [1.54, 1.807) is 11.2 Å². The number of fused-ring (bicyclic) bond motifs is 1. The summed E-state index contributed by atoms with van der Waals surface area (Å²) in [5.74, 6) is -2.90. The lowest BCUT2D eigenvalue weighted by atomic mass is 9.88. The van der Waals surface area contributed by atoms with E-state index < -0.39 is 28.1 Å². The number of nitrogens with two attached hydrogens (primary N) is 1. The molecule has 3 heterocycles. The van der Waals surface area contributed by atoms with Crippen LogP contribution in [0, 0.1) is 0 Å². The number of primary amides is 1. The Morgan fingerprint density at radius 3 is 2.43 bits per heavy atom. The van der Waals surface area contributed by atoms with Gasteiger partial charge < -0.3 is 25.9 Å². The van der Waals surface area contributed by atoms with Crippen LogP contribution in [0.25, 0.3) is 22.0 Å². The second kappa shape index (κ2) is 14.1. The molecule has 0 aliphatic carbocycles. The summed E-state index contributed by atoms with van der Waals surface area (Å²) in [6, 6.07) is 12.3. The first-order chi connectivity index (χ1) is 20.8. The van der Waals surface area contributed by atoms with Gasteiger partial charge in [-0.15, -0.1) is 0 Å². The Hall–Kier alpha value is -3.46. The number of hydrogen-bond acceptors (Lipinski definition) is 6. The maximum Gasteiger partial charge on any atom is 0.490 e. The van der Waals surface area contributed by atoms with E-state index >= 15 is 0 Å². The predicted molar refractivity (Wildman–Crippen MR) is 160 cm³/mol. The first-order valence-electron chi connectivity index (χ1n) is 14.4. The molecule has 1 amide bonds. The van der Waals surface area contributed by atoms with Gasteiger partial charge in [0.2, 0.25) is 10.0 Å². The van der Waals surface area contributed by atoms with E-state index in [1.807, 2.05) is 18.3 Å². The van der Waals surface area contributed by atoms with Crippen LogP contribution >= 0.6 is 0 Å². The molecular formula is C30H37F3N4O6S. The molecule has 1 atom stereocenters. The zero-order chi connectivity index (χ0) is 32.1. The van der Waals surface area contributed by atoms with Gasteiger partial charge in [0.25, 0.3) is 5.91 Å². The number of aliphatic carboxylic acids is 1. The molecule has 2 fully saturated rings. The number of carboxylic acids is 1. The number of benzene rings is 2. The normalized spacial score (nSPS) is 18.2. The van der Waals surface area contributed by atoms with Crippen molar-refractivity contribution in [3.05, 3.63) is 59.3 Å². The van der Waals surface area contributed by atoms with Gasteiger partial charge in [-0.05, 0) is 79.0 Å². The monoisotopic (exact) mass is 638 g/mol. The summed E-state index contributed by atoms with van der Waals surface area (Å²) < 4.78 is 63.6. The van der Waals surface area contributed by atoms with Crippen LogP contribution in [0.15, 0.2) is 42.6 Å². The van der Waals surface area contributed by atoms with Crippen LogP contribution in [-0.4, -0.2) is 79.0 Å². The van der Waals surface area contributed by atoms with Crippen molar-refractivity contribution in [1.29, 1.82) is 0 Å². The maximum atomic E-state index is 12.4. The predicted octanol–water partition coefficient (Wildman–Crippen LogP) is 4.36. The third kappa shape index (κ3) is 8.17. The van der Waals surface area contributed by atoms with Crippen LogP contribution < -0.4 is 11.1 Å². The van der Waals surface area contributed by atoms with Crippen molar-refractivity contribution in [3.8, 4) is 11.1 Å². The molecule has 2 saturated heterocycles. The molecule has 0 unspecified atom stereocenters. The van der Waals surface area contributed by atoms with Crippen LogP contribution in [0.1, 0.15) is 60.0 Å². The molecule has 240 valence electrons. The summed E-state index contributed by atoms with van der Waals surface area (Å²) in [4.78, 5) is 24.6. The zero-order valence-electron chi connectivity index (χ0n) is 24.3. The Morgan fingerprint density at radius 2 is 1.84 bits per heavy atom. The number of halogens is 3. The minimum absolute atomic E-state index is 0.124. The van der Waals surface area contributed by atoms with Gasteiger partial charge in [0, 0.05) is 44.4 Å². The third-order valence-electron chi connectivity index (χ3n) is 7.97. The van der Waals surface area contributed by atoms with Crippen molar-refractivity contribution in [2.45, 2.75) is 57.3 Å². The number of carbonyl (C=O) groups excluding carboxylic acids is 1. The molecule has 2 aliphatic rings. The fourth-order valence-corrected chi connectivity index (χ4v) is 6.76. The number of sulfonamides is 1. The standard InChI is InChI=1S/C28H36N4O4S.C2HF3O2/c1-2-37(34,35)32-10-8-20(9-11-32)26-18-31-27-24(26)14-22(15-25(27)28(29)33)21-6-3-5-19(13-21)16-30-17-23-7-4-12-36-23;3-2(4,5)1(6)7/h3,5-6,13-15,18,20,23,30-31H,2,4,7-12,16-17H2,1H3,(H2,29,33);(H,6,7)/t23-;/m1./s1. The summed E-state index contributed by atoms with van der Waals surface area (Å²) in [7, 11) is -3.18. The van der Waals surface area contributed by atoms with Crippen LogP contribution in [0.3, 0.4) is 0 Å². The van der Waals surface area contributed by atoms with E-state index in [9.17, 15) is 26.4 Å². The number of aromatic amines is 1. The highest BCUT2D eigenvalue weighted by atomic mass is 32.2. The van der Waals surface area contributed by atoms with Gasteiger partial charge in [-0.25, -0.2) is 17.5 Å². The highest BCUT2D eigenvalue weighted by Gasteiger charge is 2.38. The summed E-state index contributed by atoms with van der Waals surface area (Å²) in [5, 5.41) is 11.6. The van der Waals surface area contributed by atoms with Crippen molar-refractivity contribution in [2.24, 2.45) is 5.73 Å². The number of alkyl halides is 3. The van der Waals surface area contributed by atoms with Gasteiger partial charge in [-0.1, -0.05) is 18.2 Å². The molecule has 5 rings (SSSR count). The number of ether oxygens (including phenoxy) is 1. The van der Waals surface area contributed by atoms with Gasteiger partial charge >= 0.3 is 12.1 Å². The zero-order valence-corrected chi connectivity index (χ0v) is 25.1. The van der Waals surface area contributed by atoms with Crippen molar-refractivity contribution in [2.75, 3.05) is 32.0 Å². The summed E-state index contributed by atoms with van der Waals surface area (Å²) in [6.07, 6.45) is 0.897. The highest BCUT2D eigenvalue weighted by Crippen LogP contribution is 2.37. The second-order valence-corrected chi connectivity index (χ2v) is 13.2. The molecule has 0 radical (unpaired) electrons. The average Bonchev–Trinajstić information content (AvgIpc) is 3.67. The molecule has 2 aliphatic heterocycles. The van der Waals surface area contributed by atoms with E-state index in [0.717, 1.165) is 78.5 Å². The maximum absolute atomic E-state index is 12.4. The fourth-order valence-electron chi connectivity index (χ4n) is 5.62. The van der Waals surface area contributed by atoms with Crippen LogP contribution in [-0.2, 0) is 26.1 Å². The number of aromatic nitrogens is 1. The molecule has 0 saturated carbocycles. The van der Waals surface area contributed by atoms with Crippen LogP contribution in [0.5, 0.6) is 0 Å². The molecule has 1 aromatic heterocycles. The number of nitrogens with one attached hydrogen (secondary N) is 2. The first kappa shape index (κ1) is 33.4. The Labute approximate surface area is 253 Å². The van der Waals surface area contributed by atoms with E-state index in [1.165, 1.54) is 0 Å². The number of carbonyl (C=O) groups is 2. The van der Waals surface area contributed by atoms with E-state index in [2.05, 4.69) is 34.6 Å². The fraction of sp³-hybridized carbons (Fsp3) is 0.467. The lowest BCUT2D eigenvalue weighted by molar-refractivity contribution is -0.192. The van der Waals surface area contributed by atoms with Gasteiger partial charge in [0.05, 0.1) is 22.9 Å². The second-order valence-electron chi connectivity index (χ2n) is 10.9. The van der Waals surface area contributed by atoms with E-state index in [-0.39, 0.29) is 11.7 Å². The van der Waals surface area contributed by atoms with Crippen molar-refractivity contribution in [3.63, 3.8) is 0 Å². The smallest absolute Gasteiger partial charge is 0.475 e. The Kier molecular flexibility index (Phi) is 10.7. The van der Waals surface area contributed by atoms with Gasteiger partial charge in [0.15, 0.2) is 0 Å². The lowest BCUT2D eigenvalue weighted by Crippen LogP contribution is -2.38. The molecule has 0 spiro atoms. The van der Waals surface area contributed by atoms with Gasteiger partial charge in [-0.3, -0.25) is 4.79 Å². The number of nitrogens with zero attached hydrogens (tertiary/aromatic N) is 1. The summed E-state index contributed by atoms with van der Waals surface area (Å²) >= 11 is 0. The summed E-state index contributed by atoms with van der Waals surface area (Å²) in [6.45, 7) is 5.14. The van der Waals surface area contributed by atoms with E-state index in [4.69, 9.17) is 20.4 Å². The quantitative estimate of drug-likeness (QED) is 0.271. The summed E-state index contributed by atoms with van der Waals surface area (Å²) in [5.41, 5.74) is 11.2. The Morgan fingerprint density at radius 1 is 1.14 bits per heavy atom. The largest absolute Gasteiger partial charge is 0.490 e. The molecular weight excluding hydrogens is 601 g/mol. The van der Waals surface area contributed by atoms with Crippen molar-refractivity contribution >= 4 is 32.8 Å². The number of carboxylic acid groups (broad SMARTS) is 1. The number of piperidine rings is 1. The van der Waals surface area contributed by atoms with Gasteiger partial charge in [0.1, 0.15) is 0 Å². The molecule has 3 aromatic rings.